The van der Waals surface area contributed by atoms with Crippen LogP contribution in [0.5, 0.6) is 0 Å². The molecule has 18 heavy (non-hydrogen) atoms. The molecule has 0 aliphatic heterocycles. The molecule has 0 spiro atoms. The topological polar surface area (TPSA) is 67.1 Å². The van der Waals surface area contributed by atoms with Gasteiger partial charge in [0.15, 0.2) is 5.82 Å². The summed E-state index contributed by atoms with van der Waals surface area (Å²) in [6.07, 6.45) is 3.16. The number of aromatic nitrogens is 2. The van der Waals surface area contributed by atoms with Crippen molar-refractivity contribution in [2.24, 2.45) is 0 Å². The van der Waals surface area contributed by atoms with Gasteiger partial charge in [-0.3, -0.25) is 4.98 Å². The summed E-state index contributed by atoms with van der Waals surface area (Å²) in [6, 6.07) is 6.14. The highest BCUT2D eigenvalue weighted by atomic mass is 15.1. The molecular formula is C13H17N5. The lowest BCUT2D eigenvalue weighted by atomic mass is 10.1. The molecule has 0 fully saturated rings. The van der Waals surface area contributed by atoms with Gasteiger partial charge in [-0.1, -0.05) is 6.07 Å². The van der Waals surface area contributed by atoms with E-state index in [0.717, 1.165) is 11.4 Å². The fourth-order valence-electron chi connectivity index (χ4n) is 1.76. The van der Waals surface area contributed by atoms with Crippen molar-refractivity contribution in [2.45, 2.75) is 6.92 Å². The fourth-order valence-corrected chi connectivity index (χ4v) is 1.76. The number of hydrogen-bond donors (Lipinski definition) is 2. The summed E-state index contributed by atoms with van der Waals surface area (Å²) in [5.74, 6) is 1.04. The first-order valence-electron chi connectivity index (χ1n) is 5.69. The molecule has 0 amide bonds. The second kappa shape index (κ2) is 4.91. The summed E-state index contributed by atoms with van der Waals surface area (Å²) < 4.78 is 0. The van der Waals surface area contributed by atoms with E-state index in [1.807, 2.05) is 20.2 Å². The summed E-state index contributed by atoms with van der Waals surface area (Å²) >= 11 is 0. The average molecular weight is 243 g/mol. The van der Waals surface area contributed by atoms with Gasteiger partial charge in [-0.15, -0.1) is 0 Å². The Morgan fingerprint density at radius 3 is 2.67 bits per heavy atom. The van der Waals surface area contributed by atoms with E-state index in [9.17, 15) is 0 Å². The van der Waals surface area contributed by atoms with Gasteiger partial charge in [0.1, 0.15) is 5.82 Å². The number of hydrogen-bond acceptors (Lipinski definition) is 5. The molecule has 0 aliphatic carbocycles. The van der Waals surface area contributed by atoms with Gasteiger partial charge in [0.2, 0.25) is 0 Å². The van der Waals surface area contributed by atoms with Crippen LogP contribution >= 0.6 is 0 Å². The van der Waals surface area contributed by atoms with Crippen molar-refractivity contribution in [1.82, 2.24) is 9.97 Å². The van der Waals surface area contributed by atoms with Crippen LogP contribution < -0.4 is 16.0 Å². The molecular weight excluding hydrogens is 226 g/mol. The maximum atomic E-state index is 5.59. The van der Waals surface area contributed by atoms with Crippen molar-refractivity contribution in [3.05, 3.63) is 36.2 Å². The van der Waals surface area contributed by atoms with Crippen LogP contribution in [0.2, 0.25) is 0 Å². The third kappa shape index (κ3) is 2.68. The zero-order valence-electron chi connectivity index (χ0n) is 10.8. The molecule has 5 nitrogen and oxygen atoms in total. The highest BCUT2D eigenvalue weighted by Gasteiger charge is 2.03. The molecule has 0 radical (unpaired) electrons. The maximum Gasteiger partial charge on any atom is 0.151 e. The van der Waals surface area contributed by atoms with Crippen LogP contribution in [-0.4, -0.2) is 24.1 Å². The SMILES string of the molecule is Cc1ccc(Nc2cncc(N)n2)cc1N(C)C. The summed E-state index contributed by atoms with van der Waals surface area (Å²) in [6.45, 7) is 2.08. The molecule has 1 aromatic carbocycles. The highest BCUT2D eigenvalue weighted by molar-refractivity contribution is 5.65. The third-order valence-electron chi connectivity index (χ3n) is 2.62. The first kappa shape index (κ1) is 12.2. The minimum atomic E-state index is 0.403. The van der Waals surface area contributed by atoms with Gasteiger partial charge in [0.25, 0.3) is 0 Å². The van der Waals surface area contributed by atoms with E-state index in [1.54, 1.807) is 6.20 Å². The van der Waals surface area contributed by atoms with Gasteiger partial charge in [0.05, 0.1) is 12.4 Å². The summed E-state index contributed by atoms with van der Waals surface area (Å²) in [4.78, 5) is 10.2. The lowest BCUT2D eigenvalue weighted by Crippen LogP contribution is -2.10. The van der Waals surface area contributed by atoms with Crippen LogP contribution in [0.25, 0.3) is 0 Å². The van der Waals surface area contributed by atoms with Gasteiger partial charge in [-0.25, -0.2) is 4.98 Å². The molecule has 3 N–H and O–H groups in total. The molecule has 0 unspecified atom stereocenters. The van der Waals surface area contributed by atoms with Crippen molar-refractivity contribution in [1.29, 1.82) is 0 Å². The summed E-state index contributed by atoms with van der Waals surface area (Å²) in [5.41, 5.74) is 8.94. The number of rotatable bonds is 3. The molecule has 0 bridgehead atoms. The van der Waals surface area contributed by atoms with Crippen LogP contribution in [-0.2, 0) is 0 Å². The van der Waals surface area contributed by atoms with Crippen LogP contribution in [0.1, 0.15) is 5.56 Å². The zero-order chi connectivity index (χ0) is 13.1. The number of anilines is 4. The van der Waals surface area contributed by atoms with Gasteiger partial charge in [0, 0.05) is 25.5 Å². The third-order valence-corrected chi connectivity index (χ3v) is 2.62. The number of benzene rings is 1. The largest absolute Gasteiger partial charge is 0.382 e. The van der Waals surface area contributed by atoms with E-state index in [2.05, 4.69) is 39.2 Å². The average Bonchev–Trinajstić information content (AvgIpc) is 2.31. The minimum Gasteiger partial charge on any atom is -0.382 e. The second-order valence-electron chi connectivity index (χ2n) is 4.35. The Hall–Kier alpha value is -2.30. The minimum absolute atomic E-state index is 0.403. The second-order valence-corrected chi connectivity index (χ2v) is 4.35. The summed E-state index contributed by atoms with van der Waals surface area (Å²) in [5, 5.41) is 3.19. The first-order valence-corrected chi connectivity index (χ1v) is 5.69. The predicted octanol–water partition coefficient (Wildman–Crippen LogP) is 2.18. The Kier molecular flexibility index (Phi) is 3.32. The van der Waals surface area contributed by atoms with Crippen LogP contribution in [0, 0.1) is 6.92 Å². The predicted molar refractivity (Wildman–Crippen MR) is 75.2 cm³/mol. The number of nitrogens with one attached hydrogen (secondary N) is 1. The molecule has 0 atom stereocenters. The summed E-state index contributed by atoms with van der Waals surface area (Å²) in [7, 11) is 4.04. The molecule has 94 valence electrons. The number of nitrogen functional groups attached to an aromatic ring is 1. The van der Waals surface area contributed by atoms with Crippen molar-refractivity contribution in [3.63, 3.8) is 0 Å². The van der Waals surface area contributed by atoms with Gasteiger partial charge in [-0.05, 0) is 24.6 Å². The van der Waals surface area contributed by atoms with Crippen LogP contribution in [0.4, 0.5) is 23.0 Å². The van der Waals surface area contributed by atoms with E-state index < -0.39 is 0 Å². The standard InChI is InChI=1S/C13H17N5/c1-9-4-5-10(6-11(9)18(2)3)16-13-8-15-7-12(14)17-13/h4-8H,1-3H3,(H3,14,16,17). The van der Waals surface area contributed by atoms with Crippen molar-refractivity contribution in [2.75, 3.05) is 30.0 Å². The van der Waals surface area contributed by atoms with E-state index in [1.165, 1.54) is 11.8 Å². The van der Waals surface area contributed by atoms with Gasteiger partial charge >= 0.3 is 0 Å². The number of nitrogens with two attached hydrogens (primary N) is 1. The van der Waals surface area contributed by atoms with Crippen molar-refractivity contribution >= 4 is 23.0 Å². The molecule has 1 heterocycles. The van der Waals surface area contributed by atoms with Gasteiger partial charge in [-0.2, -0.15) is 0 Å². The first-order chi connectivity index (χ1) is 8.56. The van der Waals surface area contributed by atoms with Crippen molar-refractivity contribution in [3.8, 4) is 0 Å². The number of nitrogens with zero attached hydrogens (tertiary/aromatic N) is 3. The zero-order valence-corrected chi connectivity index (χ0v) is 10.8. The lowest BCUT2D eigenvalue weighted by Gasteiger charge is -2.17. The number of aryl methyl sites for hydroxylation is 1. The Morgan fingerprint density at radius 2 is 2.00 bits per heavy atom. The lowest BCUT2D eigenvalue weighted by molar-refractivity contribution is 1.11. The van der Waals surface area contributed by atoms with Crippen molar-refractivity contribution < 1.29 is 0 Å². The molecule has 2 aromatic rings. The highest BCUT2D eigenvalue weighted by Crippen LogP contribution is 2.24. The molecule has 0 saturated heterocycles. The monoisotopic (exact) mass is 243 g/mol. The normalized spacial score (nSPS) is 10.2. The van der Waals surface area contributed by atoms with Gasteiger partial charge < -0.3 is 16.0 Å². The fraction of sp³-hybridized carbons (Fsp3) is 0.231. The van der Waals surface area contributed by atoms with Crippen LogP contribution in [0.15, 0.2) is 30.6 Å². The van der Waals surface area contributed by atoms with E-state index >= 15 is 0 Å². The van der Waals surface area contributed by atoms with E-state index in [4.69, 9.17) is 5.73 Å². The Bertz CT molecular complexity index is 551. The molecule has 1 aromatic heterocycles. The molecule has 5 heteroatoms. The van der Waals surface area contributed by atoms with Crippen LogP contribution in [0.3, 0.4) is 0 Å². The Balaban J connectivity index is 2.27. The van der Waals surface area contributed by atoms with E-state index in [0.29, 0.717) is 11.6 Å². The molecule has 0 saturated carbocycles. The maximum absolute atomic E-state index is 5.59. The smallest absolute Gasteiger partial charge is 0.151 e. The van der Waals surface area contributed by atoms with E-state index in [-0.39, 0.29) is 0 Å². The Morgan fingerprint density at radius 1 is 1.22 bits per heavy atom. The molecule has 2 rings (SSSR count). The molecule has 0 aliphatic rings. The Labute approximate surface area is 107 Å². The quantitative estimate of drug-likeness (QED) is 0.864.